The van der Waals surface area contributed by atoms with Crippen molar-refractivity contribution >= 4 is 29.0 Å². The Bertz CT molecular complexity index is 198. The Kier molecular flexibility index (Phi) is 4.67. The van der Waals surface area contributed by atoms with E-state index in [0.29, 0.717) is 10.9 Å². The second-order valence-corrected chi connectivity index (χ2v) is 6.63. The first kappa shape index (κ1) is 12.3. The molecular formula is C10H20N2S2. The molecule has 1 aliphatic heterocycles. The third-order valence-corrected chi connectivity index (χ3v) is 4.14. The first-order chi connectivity index (χ1) is 6.49. The molecule has 4 heteroatoms. The Morgan fingerprint density at radius 1 is 1.50 bits per heavy atom. The zero-order valence-electron chi connectivity index (χ0n) is 9.19. The molecule has 2 nitrogen and oxygen atoms in total. The lowest BCUT2D eigenvalue weighted by Crippen LogP contribution is -2.44. The molecule has 1 rings (SSSR count). The van der Waals surface area contributed by atoms with Crippen LogP contribution in [0.4, 0.5) is 0 Å². The van der Waals surface area contributed by atoms with E-state index in [9.17, 15) is 0 Å². The third-order valence-electron chi connectivity index (χ3n) is 2.51. The van der Waals surface area contributed by atoms with Crippen molar-refractivity contribution in [3.63, 3.8) is 0 Å². The first-order valence-corrected chi connectivity index (χ1v) is 6.51. The Balaban J connectivity index is 2.40. The summed E-state index contributed by atoms with van der Waals surface area (Å²) in [7, 11) is 0. The highest BCUT2D eigenvalue weighted by Crippen LogP contribution is 2.24. The normalized spacial score (nSPS) is 31.4. The van der Waals surface area contributed by atoms with Gasteiger partial charge in [0.15, 0.2) is 0 Å². The predicted octanol–water partition coefficient (Wildman–Crippen LogP) is 1.73. The molecule has 1 saturated heterocycles. The molecular weight excluding hydrogens is 212 g/mol. The van der Waals surface area contributed by atoms with Gasteiger partial charge >= 0.3 is 0 Å². The van der Waals surface area contributed by atoms with Crippen molar-refractivity contribution in [3.8, 4) is 0 Å². The van der Waals surface area contributed by atoms with E-state index in [2.05, 4.69) is 37.4 Å². The van der Waals surface area contributed by atoms with Gasteiger partial charge in [-0.25, -0.2) is 0 Å². The van der Waals surface area contributed by atoms with Crippen molar-refractivity contribution in [2.45, 2.75) is 31.3 Å². The van der Waals surface area contributed by atoms with Crippen molar-refractivity contribution in [3.05, 3.63) is 0 Å². The molecule has 1 fully saturated rings. The number of thiocarbonyl (C=S) groups is 1. The molecule has 14 heavy (non-hydrogen) atoms. The summed E-state index contributed by atoms with van der Waals surface area (Å²) in [6.45, 7) is 10.0. The van der Waals surface area contributed by atoms with Crippen molar-refractivity contribution in [2.24, 2.45) is 11.7 Å². The van der Waals surface area contributed by atoms with Crippen LogP contribution in [-0.2, 0) is 0 Å². The van der Waals surface area contributed by atoms with E-state index >= 15 is 0 Å². The van der Waals surface area contributed by atoms with Crippen LogP contribution in [0.3, 0.4) is 0 Å². The molecule has 0 aliphatic carbocycles. The van der Waals surface area contributed by atoms with E-state index in [1.807, 2.05) is 0 Å². The second-order valence-electron chi connectivity index (χ2n) is 4.28. The SMILES string of the molecule is CC1CN(CC(C)C(N)=S)CC(C)S1. The molecule has 0 bridgehead atoms. The summed E-state index contributed by atoms with van der Waals surface area (Å²) in [6, 6.07) is 0. The molecule has 0 amide bonds. The molecule has 0 aromatic rings. The maximum atomic E-state index is 5.62. The van der Waals surface area contributed by atoms with Gasteiger partial charge < -0.3 is 10.6 Å². The topological polar surface area (TPSA) is 29.3 Å². The van der Waals surface area contributed by atoms with Crippen molar-refractivity contribution < 1.29 is 0 Å². The predicted molar refractivity (Wildman–Crippen MR) is 68.9 cm³/mol. The molecule has 0 aromatic heterocycles. The largest absolute Gasteiger partial charge is 0.393 e. The average molecular weight is 232 g/mol. The summed E-state index contributed by atoms with van der Waals surface area (Å²) in [6.07, 6.45) is 0. The Morgan fingerprint density at radius 2 is 2.00 bits per heavy atom. The van der Waals surface area contributed by atoms with Crippen LogP contribution in [-0.4, -0.2) is 40.0 Å². The lowest BCUT2D eigenvalue weighted by molar-refractivity contribution is 0.256. The maximum Gasteiger partial charge on any atom is 0.0768 e. The molecule has 0 spiro atoms. The smallest absolute Gasteiger partial charge is 0.0768 e. The summed E-state index contributed by atoms with van der Waals surface area (Å²) < 4.78 is 0. The molecule has 1 aliphatic rings. The summed E-state index contributed by atoms with van der Waals surface area (Å²) >= 11 is 7.07. The minimum absolute atomic E-state index is 0.340. The second kappa shape index (κ2) is 5.33. The standard InChI is InChI=1S/C10H20N2S2/c1-7(10(11)13)4-12-5-8(2)14-9(3)6-12/h7-9H,4-6H2,1-3H3,(H2,11,13). The van der Waals surface area contributed by atoms with Gasteiger partial charge in [0.2, 0.25) is 0 Å². The molecule has 3 unspecified atom stereocenters. The fraction of sp³-hybridized carbons (Fsp3) is 0.900. The number of rotatable bonds is 3. The van der Waals surface area contributed by atoms with E-state index in [0.717, 1.165) is 17.0 Å². The molecule has 0 radical (unpaired) electrons. The maximum absolute atomic E-state index is 5.62. The van der Waals surface area contributed by atoms with Gasteiger partial charge in [0.05, 0.1) is 4.99 Å². The highest BCUT2D eigenvalue weighted by Gasteiger charge is 2.23. The summed E-state index contributed by atoms with van der Waals surface area (Å²) in [5.41, 5.74) is 5.62. The monoisotopic (exact) mass is 232 g/mol. The Hall–Kier alpha value is 0.200. The van der Waals surface area contributed by atoms with Gasteiger partial charge in [-0.1, -0.05) is 33.0 Å². The lowest BCUT2D eigenvalue weighted by atomic mass is 10.1. The van der Waals surface area contributed by atoms with Crippen LogP contribution < -0.4 is 5.73 Å². The van der Waals surface area contributed by atoms with E-state index in [4.69, 9.17) is 18.0 Å². The van der Waals surface area contributed by atoms with Crippen molar-refractivity contribution in [2.75, 3.05) is 19.6 Å². The van der Waals surface area contributed by atoms with Crippen molar-refractivity contribution in [1.29, 1.82) is 0 Å². The quantitative estimate of drug-likeness (QED) is 0.751. The van der Waals surface area contributed by atoms with Crippen LogP contribution in [0.5, 0.6) is 0 Å². The lowest BCUT2D eigenvalue weighted by Gasteiger charge is -2.35. The van der Waals surface area contributed by atoms with E-state index in [1.54, 1.807) is 0 Å². The van der Waals surface area contributed by atoms with Gasteiger partial charge in [-0.3, -0.25) is 0 Å². The van der Waals surface area contributed by atoms with E-state index in [1.165, 1.54) is 13.1 Å². The zero-order chi connectivity index (χ0) is 10.7. The number of nitrogens with zero attached hydrogens (tertiary/aromatic N) is 1. The molecule has 3 atom stereocenters. The van der Waals surface area contributed by atoms with Crippen LogP contribution in [0.25, 0.3) is 0 Å². The van der Waals surface area contributed by atoms with Gasteiger partial charge in [0, 0.05) is 36.1 Å². The fourth-order valence-electron chi connectivity index (χ4n) is 1.91. The Labute approximate surface area is 96.6 Å². The van der Waals surface area contributed by atoms with Gasteiger partial charge in [-0.05, 0) is 0 Å². The summed E-state index contributed by atoms with van der Waals surface area (Å²) in [5.74, 6) is 0.340. The van der Waals surface area contributed by atoms with Crippen LogP contribution in [0.1, 0.15) is 20.8 Å². The van der Waals surface area contributed by atoms with E-state index < -0.39 is 0 Å². The molecule has 0 aromatic carbocycles. The third kappa shape index (κ3) is 3.75. The number of thioether (sulfide) groups is 1. The van der Waals surface area contributed by atoms with Gasteiger partial charge in [0.1, 0.15) is 0 Å². The fourth-order valence-corrected chi connectivity index (χ4v) is 3.37. The number of hydrogen-bond donors (Lipinski definition) is 1. The van der Waals surface area contributed by atoms with Crippen LogP contribution in [0, 0.1) is 5.92 Å². The molecule has 1 heterocycles. The summed E-state index contributed by atoms with van der Waals surface area (Å²) in [4.78, 5) is 3.12. The minimum Gasteiger partial charge on any atom is -0.393 e. The highest BCUT2D eigenvalue weighted by molar-refractivity contribution is 8.00. The van der Waals surface area contributed by atoms with E-state index in [-0.39, 0.29) is 0 Å². The molecule has 2 N–H and O–H groups in total. The molecule has 82 valence electrons. The van der Waals surface area contributed by atoms with Gasteiger partial charge in [-0.15, -0.1) is 0 Å². The minimum atomic E-state index is 0.340. The summed E-state index contributed by atoms with van der Waals surface area (Å²) in [5, 5.41) is 1.47. The number of nitrogens with two attached hydrogens (primary N) is 1. The van der Waals surface area contributed by atoms with Crippen LogP contribution in [0.15, 0.2) is 0 Å². The van der Waals surface area contributed by atoms with Crippen molar-refractivity contribution in [1.82, 2.24) is 4.90 Å². The van der Waals surface area contributed by atoms with Gasteiger partial charge in [0.25, 0.3) is 0 Å². The Morgan fingerprint density at radius 3 is 2.43 bits per heavy atom. The van der Waals surface area contributed by atoms with Crippen LogP contribution >= 0.6 is 24.0 Å². The zero-order valence-corrected chi connectivity index (χ0v) is 10.8. The van der Waals surface area contributed by atoms with Gasteiger partial charge in [-0.2, -0.15) is 11.8 Å². The number of hydrogen-bond acceptors (Lipinski definition) is 3. The molecule has 0 saturated carbocycles. The average Bonchev–Trinajstić information content (AvgIpc) is 2.01. The first-order valence-electron chi connectivity index (χ1n) is 5.16. The van der Waals surface area contributed by atoms with Crippen LogP contribution in [0.2, 0.25) is 0 Å². The highest BCUT2D eigenvalue weighted by atomic mass is 32.2.